The molecule has 1 aromatic heterocycles. The molecule has 0 fully saturated rings. The molecule has 4 nitrogen and oxygen atoms in total. The monoisotopic (exact) mass is 363 g/mol. The van der Waals surface area contributed by atoms with Crippen LogP contribution in [-0.4, -0.2) is 18.5 Å². The zero-order chi connectivity index (χ0) is 17.3. The molecule has 0 atom stereocenters. The van der Waals surface area contributed by atoms with Crippen LogP contribution in [0.5, 0.6) is 0 Å². The molecule has 0 aliphatic heterocycles. The average molecular weight is 364 g/mol. The maximum Gasteiger partial charge on any atom is 0.348 e. The minimum atomic E-state index is -0.448. The van der Waals surface area contributed by atoms with Gasteiger partial charge in [0.1, 0.15) is 4.88 Å². The van der Waals surface area contributed by atoms with Crippen molar-refractivity contribution in [2.75, 3.05) is 11.9 Å². The van der Waals surface area contributed by atoms with E-state index in [4.69, 9.17) is 16.3 Å². The van der Waals surface area contributed by atoms with E-state index >= 15 is 0 Å². The van der Waals surface area contributed by atoms with Crippen LogP contribution in [0.25, 0.3) is 0 Å². The minimum absolute atomic E-state index is 0.328. The molecule has 3 rings (SSSR count). The van der Waals surface area contributed by atoms with E-state index in [-0.39, 0.29) is 6.61 Å². The number of rotatable bonds is 4. The standard InChI is InChI=1S/C18H18ClNO3S/c1-10-6-11(2)17(13(19)7-10)20-16(21)9-23-18(22)15-8-12-4-3-5-14(12)24-15/h6-8H,3-5,9H2,1-2H3,(H,20,21). The van der Waals surface area contributed by atoms with Crippen molar-refractivity contribution in [3.63, 3.8) is 0 Å². The topological polar surface area (TPSA) is 55.4 Å². The van der Waals surface area contributed by atoms with Gasteiger partial charge in [0, 0.05) is 4.88 Å². The molecule has 1 aromatic carbocycles. The Morgan fingerprint density at radius 1 is 1.25 bits per heavy atom. The highest BCUT2D eigenvalue weighted by Crippen LogP contribution is 2.31. The number of hydrogen-bond donors (Lipinski definition) is 1. The van der Waals surface area contributed by atoms with Crippen molar-refractivity contribution >= 4 is 40.5 Å². The predicted molar refractivity (Wildman–Crippen MR) is 96.2 cm³/mol. The lowest BCUT2D eigenvalue weighted by Crippen LogP contribution is -2.21. The van der Waals surface area contributed by atoms with E-state index in [1.54, 1.807) is 6.07 Å². The summed E-state index contributed by atoms with van der Waals surface area (Å²) in [5.41, 5.74) is 3.68. The van der Waals surface area contributed by atoms with Gasteiger partial charge in [0.15, 0.2) is 6.61 Å². The molecule has 1 heterocycles. The highest BCUT2D eigenvalue weighted by Gasteiger charge is 2.20. The summed E-state index contributed by atoms with van der Waals surface area (Å²) in [6.45, 7) is 3.48. The van der Waals surface area contributed by atoms with E-state index < -0.39 is 11.9 Å². The van der Waals surface area contributed by atoms with Gasteiger partial charge in [-0.1, -0.05) is 17.7 Å². The molecule has 126 valence electrons. The quantitative estimate of drug-likeness (QED) is 0.824. The molecule has 0 saturated carbocycles. The predicted octanol–water partition coefficient (Wildman–Crippen LogP) is 4.30. The van der Waals surface area contributed by atoms with Crippen molar-refractivity contribution in [2.45, 2.75) is 33.1 Å². The summed E-state index contributed by atoms with van der Waals surface area (Å²) in [6, 6.07) is 5.60. The van der Waals surface area contributed by atoms with Gasteiger partial charge in [0.2, 0.25) is 0 Å². The number of amides is 1. The van der Waals surface area contributed by atoms with Crippen molar-refractivity contribution in [3.05, 3.63) is 49.7 Å². The molecule has 0 saturated heterocycles. The zero-order valence-corrected chi connectivity index (χ0v) is 15.1. The van der Waals surface area contributed by atoms with E-state index in [1.165, 1.54) is 21.8 Å². The Morgan fingerprint density at radius 3 is 2.75 bits per heavy atom. The highest BCUT2D eigenvalue weighted by molar-refractivity contribution is 7.14. The molecule has 6 heteroatoms. The SMILES string of the molecule is Cc1cc(C)c(NC(=O)COC(=O)c2cc3c(s2)CCC3)c(Cl)c1. The number of hydrogen-bond acceptors (Lipinski definition) is 4. The Bertz CT molecular complexity index is 768. The zero-order valence-electron chi connectivity index (χ0n) is 13.6. The van der Waals surface area contributed by atoms with Crippen molar-refractivity contribution in [1.82, 2.24) is 0 Å². The van der Waals surface area contributed by atoms with Crippen molar-refractivity contribution in [1.29, 1.82) is 0 Å². The molecule has 24 heavy (non-hydrogen) atoms. The minimum Gasteiger partial charge on any atom is -0.451 e. The first-order valence-corrected chi connectivity index (χ1v) is 8.99. The second-order valence-corrected chi connectivity index (χ2v) is 7.52. The van der Waals surface area contributed by atoms with Gasteiger partial charge in [0.05, 0.1) is 10.7 Å². The van der Waals surface area contributed by atoms with E-state index in [0.717, 1.165) is 30.4 Å². The number of carbonyl (C=O) groups is 2. The lowest BCUT2D eigenvalue weighted by atomic mass is 10.1. The number of anilines is 1. The molecule has 0 radical (unpaired) electrons. The second-order valence-electron chi connectivity index (χ2n) is 5.98. The first kappa shape index (κ1) is 17.0. The first-order valence-electron chi connectivity index (χ1n) is 7.79. The highest BCUT2D eigenvalue weighted by atomic mass is 35.5. The van der Waals surface area contributed by atoms with Gasteiger partial charge in [0.25, 0.3) is 5.91 Å². The number of benzene rings is 1. The number of nitrogens with one attached hydrogen (secondary N) is 1. The molecule has 1 aliphatic rings. The number of carbonyl (C=O) groups excluding carboxylic acids is 2. The molecule has 2 aromatic rings. The Morgan fingerprint density at radius 2 is 2.04 bits per heavy atom. The Balaban J connectivity index is 1.58. The van der Waals surface area contributed by atoms with Crippen LogP contribution >= 0.6 is 22.9 Å². The van der Waals surface area contributed by atoms with E-state index in [1.807, 2.05) is 26.0 Å². The summed E-state index contributed by atoms with van der Waals surface area (Å²) in [5, 5.41) is 3.18. The van der Waals surface area contributed by atoms with Crippen LogP contribution in [0.4, 0.5) is 5.69 Å². The van der Waals surface area contributed by atoms with Crippen molar-refractivity contribution < 1.29 is 14.3 Å². The van der Waals surface area contributed by atoms with Crippen LogP contribution < -0.4 is 5.32 Å². The van der Waals surface area contributed by atoms with Gasteiger partial charge in [-0.3, -0.25) is 4.79 Å². The maximum atomic E-state index is 12.1. The van der Waals surface area contributed by atoms with E-state index in [2.05, 4.69) is 5.32 Å². The summed E-state index contributed by atoms with van der Waals surface area (Å²) >= 11 is 7.62. The Hall–Kier alpha value is -1.85. The fourth-order valence-electron chi connectivity index (χ4n) is 2.88. The summed E-state index contributed by atoms with van der Waals surface area (Å²) in [6.07, 6.45) is 3.19. The average Bonchev–Trinajstić information content (AvgIpc) is 3.09. The summed E-state index contributed by atoms with van der Waals surface area (Å²) in [4.78, 5) is 25.9. The fraction of sp³-hybridized carbons (Fsp3) is 0.333. The van der Waals surface area contributed by atoms with Gasteiger partial charge < -0.3 is 10.1 Å². The summed E-state index contributed by atoms with van der Waals surface area (Å²) in [7, 11) is 0. The van der Waals surface area contributed by atoms with Gasteiger partial charge >= 0.3 is 5.97 Å². The molecular formula is C18H18ClNO3S. The lowest BCUT2D eigenvalue weighted by molar-refractivity contribution is -0.119. The van der Waals surface area contributed by atoms with Gasteiger partial charge in [-0.05, 0) is 61.9 Å². The molecular weight excluding hydrogens is 346 g/mol. The molecule has 1 N–H and O–H groups in total. The van der Waals surface area contributed by atoms with E-state index in [0.29, 0.717) is 15.6 Å². The van der Waals surface area contributed by atoms with Gasteiger partial charge in [-0.25, -0.2) is 4.79 Å². The fourth-order valence-corrected chi connectivity index (χ4v) is 4.40. The molecule has 0 spiro atoms. The number of fused-ring (bicyclic) bond motifs is 1. The molecule has 1 amide bonds. The Kier molecular flexibility index (Phi) is 4.92. The number of ether oxygens (including phenoxy) is 1. The third kappa shape index (κ3) is 3.62. The normalized spacial score (nSPS) is 12.8. The van der Waals surface area contributed by atoms with Crippen molar-refractivity contribution in [3.8, 4) is 0 Å². The third-order valence-corrected chi connectivity index (χ3v) is 5.49. The first-order chi connectivity index (χ1) is 11.4. The Labute approximate surface area is 149 Å². The van der Waals surface area contributed by atoms with Crippen LogP contribution in [0.2, 0.25) is 5.02 Å². The smallest absolute Gasteiger partial charge is 0.348 e. The maximum absolute atomic E-state index is 12.1. The number of halogens is 1. The summed E-state index contributed by atoms with van der Waals surface area (Å²) < 4.78 is 5.12. The number of esters is 1. The third-order valence-electron chi connectivity index (χ3n) is 3.98. The summed E-state index contributed by atoms with van der Waals surface area (Å²) in [5.74, 6) is -0.849. The number of thiophene rings is 1. The lowest BCUT2D eigenvalue weighted by Gasteiger charge is -2.11. The van der Waals surface area contributed by atoms with Crippen LogP contribution in [0, 0.1) is 13.8 Å². The van der Waals surface area contributed by atoms with Gasteiger partial charge in [-0.2, -0.15) is 0 Å². The van der Waals surface area contributed by atoms with Crippen molar-refractivity contribution in [2.24, 2.45) is 0 Å². The molecule has 1 aliphatic carbocycles. The van der Waals surface area contributed by atoms with Crippen LogP contribution in [0.3, 0.4) is 0 Å². The molecule has 0 bridgehead atoms. The van der Waals surface area contributed by atoms with Crippen LogP contribution in [0.15, 0.2) is 18.2 Å². The molecule has 0 unspecified atom stereocenters. The van der Waals surface area contributed by atoms with Crippen LogP contribution in [0.1, 0.15) is 37.7 Å². The van der Waals surface area contributed by atoms with Gasteiger partial charge in [-0.15, -0.1) is 11.3 Å². The van der Waals surface area contributed by atoms with E-state index in [9.17, 15) is 9.59 Å². The van der Waals surface area contributed by atoms with Crippen LogP contribution in [-0.2, 0) is 22.4 Å². The second kappa shape index (κ2) is 6.95. The number of aryl methyl sites for hydroxylation is 4. The largest absolute Gasteiger partial charge is 0.451 e.